The van der Waals surface area contributed by atoms with Gasteiger partial charge >= 0.3 is 12.0 Å². The third kappa shape index (κ3) is 2.70. The molecule has 0 bridgehead atoms. The molecule has 0 spiro atoms. The highest BCUT2D eigenvalue weighted by Gasteiger charge is 2.34. The fourth-order valence-electron chi connectivity index (χ4n) is 2.23. The molecule has 5 nitrogen and oxygen atoms in total. The average molecular weight is 262 g/mol. The first-order valence-electron chi connectivity index (χ1n) is 6.31. The molecule has 0 aliphatic heterocycles. The number of rotatable bonds is 3. The Morgan fingerprint density at radius 1 is 1.32 bits per heavy atom. The molecule has 0 radical (unpaired) electrons. The SMILES string of the molecule is CN(C(=O)NC1(C)CCC1)c1ccccc1C(=O)O. The molecule has 19 heavy (non-hydrogen) atoms. The zero-order chi connectivity index (χ0) is 14.0. The van der Waals surface area contributed by atoms with Gasteiger partial charge in [-0.15, -0.1) is 0 Å². The van der Waals surface area contributed by atoms with E-state index in [0.717, 1.165) is 19.3 Å². The van der Waals surface area contributed by atoms with Gasteiger partial charge in [0.05, 0.1) is 11.3 Å². The van der Waals surface area contributed by atoms with E-state index in [1.165, 1.54) is 11.0 Å². The van der Waals surface area contributed by atoms with E-state index in [9.17, 15) is 9.59 Å². The van der Waals surface area contributed by atoms with Gasteiger partial charge < -0.3 is 10.4 Å². The third-order valence-corrected chi connectivity index (χ3v) is 3.67. The Kier molecular flexibility index (Phi) is 3.46. The number of nitrogens with zero attached hydrogens (tertiary/aromatic N) is 1. The number of aromatic carboxylic acids is 1. The summed E-state index contributed by atoms with van der Waals surface area (Å²) in [5, 5.41) is 12.1. The van der Waals surface area contributed by atoms with Crippen LogP contribution in [0.2, 0.25) is 0 Å². The molecular weight excluding hydrogens is 244 g/mol. The minimum Gasteiger partial charge on any atom is -0.478 e. The van der Waals surface area contributed by atoms with Crippen LogP contribution in [0.5, 0.6) is 0 Å². The fourth-order valence-corrected chi connectivity index (χ4v) is 2.23. The molecule has 2 rings (SSSR count). The van der Waals surface area contributed by atoms with Crippen molar-refractivity contribution >= 4 is 17.7 Å². The summed E-state index contributed by atoms with van der Waals surface area (Å²) in [6.45, 7) is 2.01. The molecule has 2 N–H and O–H groups in total. The topological polar surface area (TPSA) is 69.6 Å². The van der Waals surface area contributed by atoms with E-state index in [1.54, 1.807) is 25.2 Å². The predicted octanol–water partition coefficient (Wildman–Crippen LogP) is 2.47. The monoisotopic (exact) mass is 262 g/mol. The molecule has 5 heteroatoms. The van der Waals surface area contributed by atoms with Gasteiger partial charge in [0.2, 0.25) is 0 Å². The highest BCUT2D eigenvalue weighted by atomic mass is 16.4. The second-order valence-electron chi connectivity index (χ2n) is 5.23. The Morgan fingerprint density at radius 3 is 2.47 bits per heavy atom. The number of carbonyl (C=O) groups is 2. The smallest absolute Gasteiger partial charge is 0.337 e. The van der Waals surface area contributed by atoms with E-state index >= 15 is 0 Å². The number of hydrogen-bond donors (Lipinski definition) is 2. The van der Waals surface area contributed by atoms with Crippen molar-refractivity contribution in [1.82, 2.24) is 5.32 Å². The Morgan fingerprint density at radius 2 is 1.95 bits per heavy atom. The van der Waals surface area contributed by atoms with Crippen molar-refractivity contribution in [3.8, 4) is 0 Å². The second kappa shape index (κ2) is 4.91. The molecular formula is C14H18N2O3. The number of anilines is 1. The molecule has 102 valence electrons. The van der Waals surface area contributed by atoms with Crippen LogP contribution in [0.15, 0.2) is 24.3 Å². The van der Waals surface area contributed by atoms with E-state index in [0.29, 0.717) is 5.69 Å². The van der Waals surface area contributed by atoms with Crippen molar-refractivity contribution in [2.45, 2.75) is 31.7 Å². The lowest BCUT2D eigenvalue weighted by Crippen LogP contribution is -2.54. The van der Waals surface area contributed by atoms with Crippen molar-refractivity contribution in [3.05, 3.63) is 29.8 Å². The molecule has 0 atom stereocenters. The summed E-state index contributed by atoms with van der Waals surface area (Å²) < 4.78 is 0. The zero-order valence-electron chi connectivity index (χ0n) is 11.1. The van der Waals surface area contributed by atoms with Gasteiger partial charge in [0.15, 0.2) is 0 Å². The van der Waals surface area contributed by atoms with Crippen molar-refractivity contribution in [1.29, 1.82) is 0 Å². The van der Waals surface area contributed by atoms with Crippen LogP contribution in [0.1, 0.15) is 36.5 Å². The molecule has 1 saturated carbocycles. The van der Waals surface area contributed by atoms with Crippen molar-refractivity contribution in [2.75, 3.05) is 11.9 Å². The first-order valence-corrected chi connectivity index (χ1v) is 6.31. The minimum absolute atomic E-state index is 0.124. The Hall–Kier alpha value is -2.04. The molecule has 0 unspecified atom stereocenters. The van der Waals surface area contributed by atoms with E-state index in [-0.39, 0.29) is 17.1 Å². The third-order valence-electron chi connectivity index (χ3n) is 3.67. The number of benzene rings is 1. The Bertz CT molecular complexity index is 509. The number of nitrogens with one attached hydrogen (secondary N) is 1. The average Bonchev–Trinajstić information content (AvgIpc) is 2.35. The van der Waals surface area contributed by atoms with Crippen molar-refractivity contribution < 1.29 is 14.7 Å². The van der Waals surface area contributed by atoms with Crippen LogP contribution in [0, 0.1) is 0 Å². The molecule has 2 amide bonds. The highest BCUT2D eigenvalue weighted by molar-refractivity contribution is 6.01. The number of hydrogen-bond acceptors (Lipinski definition) is 2. The Labute approximate surface area is 112 Å². The number of carboxylic acids is 1. The lowest BCUT2D eigenvalue weighted by Gasteiger charge is -2.40. The Balaban J connectivity index is 2.17. The van der Waals surface area contributed by atoms with Crippen LogP contribution in [0.4, 0.5) is 10.5 Å². The molecule has 0 heterocycles. The fraction of sp³-hybridized carbons (Fsp3) is 0.429. The van der Waals surface area contributed by atoms with Crippen LogP contribution in [-0.4, -0.2) is 29.7 Å². The lowest BCUT2D eigenvalue weighted by atomic mass is 9.79. The maximum atomic E-state index is 12.1. The maximum Gasteiger partial charge on any atom is 0.337 e. The van der Waals surface area contributed by atoms with Crippen molar-refractivity contribution in [2.24, 2.45) is 0 Å². The predicted molar refractivity (Wildman–Crippen MR) is 72.6 cm³/mol. The van der Waals surface area contributed by atoms with E-state index in [1.807, 2.05) is 6.92 Å². The molecule has 1 aromatic carbocycles. The van der Waals surface area contributed by atoms with Gasteiger partial charge in [-0.3, -0.25) is 4.90 Å². The second-order valence-corrected chi connectivity index (χ2v) is 5.23. The summed E-state index contributed by atoms with van der Waals surface area (Å²) in [5.74, 6) is -1.04. The molecule has 1 fully saturated rings. The number of para-hydroxylation sites is 1. The molecule has 0 aromatic heterocycles. The van der Waals surface area contributed by atoms with Crippen LogP contribution >= 0.6 is 0 Å². The summed E-state index contributed by atoms with van der Waals surface area (Å²) in [6, 6.07) is 6.22. The van der Waals surface area contributed by atoms with Gasteiger partial charge in [-0.05, 0) is 38.3 Å². The van der Waals surface area contributed by atoms with E-state index in [2.05, 4.69) is 5.32 Å². The van der Waals surface area contributed by atoms with Gasteiger partial charge in [0, 0.05) is 12.6 Å². The summed E-state index contributed by atoms with van der Waals surface area (Å²) in [5.41, 5.74) is 0.373. The maximum absolute atomic E-state index is 12.1. The first-order chi connectivity index (χ1) is 8.93. The summed E-state index contributed by atoms with van der Waals surface area (Å²) in [6.07, 6.45) is 3.05. The van der Waals surface area contributed by atoms with Crippen LogP contribution in [0.25, 0.3) is 0 Å². The van der Waals surface area contributed by atoms with Crippen LogP contribution in [-0.2, 0) is 0 Å². The molecule has 0 saturated heterocycles. The van der Waals surface area contributed by atoms with Crippen LogP contribution in [0.3, 0.4) is 0 Å². The summed E-state index contributed by atoms with van der Waals surface area (Å²) in [7, 11) is 1.58. The number of urea groups is 1. The molecule has 1 aromatic rings. The normalized spacial score (nSPS) is 16.3. The lowest BCUT2D eigenvalue weighted by molar-refractivity contribution is 0.0697. The zero-order valence-corrected chi connectivity index (χ0v) is 11.1. The number of amides is 2. The standard InChI is InChI=1S/C14H18N2O3/c1-14(8-5-9-14)15-13(19)16(2)11-7-4-3-6-10(11)12(17)18/h3-4,6-7H,5,8-9H2,1-2H3,(H,15,19)(H,17,18). The van der Waals surface area contributed by atoms with Crippen molar-refractivity contribution in [3.63, 3.8) is 0 Å². The van der Waals surface area contributed by atoms with E-state index < -0.39 is 5.97 Å². The number of carbonyl (C=O) groups excluding carboxylic acids is 1. The molecule has 1 aliphatic carbocycles. The minimum atomic E-state index is -1.04. The largest absolute Gasteiger partial charge is 0.478 e. The summed E-state index contributed by atoms with van der Waals surface area (Å²) >= 11 is 0. The van der Waals surface area contributed by atoms with Gasteiger partial charge in [-0.25, -0.2) is 9.59 Å². The first kappa shape index (κ1) is 13.4. The summed E-state index contributed by atoms with van der Waals surface area (Å²) in [4.78, 5) is 24.6. The van der Waals surface area contributed by atoms with Crippen LogP contribution < -0.4 is 10.2 Å². The quantitative estimate of drug-likeness (QED) is 0.879. The van der Waals surface area contributed by atoms with Gasteiger partial charge in [-0.1, -0.05) is 12.1 Å². The van der Waals surface area contributed by atoms with E-state index in [4.69, 9.17) is 5.11 Å². The molecule has 1 aliphatic rings. The highest BCUT2D eigenvalue weighted by Crippen LogP contribution is 2.31. The van der Waals surface area contributed by atoms with Gasteiger partial charge in [0.25, 0.3) is 0 Å². The van der Waals surface area contributed by atoms with Gasteiger partial charge in [0.1, 0.15) is 0 Å². The van der Waals surface area contributed by atoms with Gasteiger partial charge in [-0.2, -0.15) is 0 Å². The number of carboxylic acid groups (broad SMARTS) is 1.